The van der Waals surface area contributed by atoms with Gasteiger partial charge in [-0.2, -0.15) is 0 Å². The average Bonchev–Trinajstić information content (AvgIpc) is 2.99. The molecule has 0 nitrogen and oxygen atoms in total. The molecule has 0 unspecified atom stereocenters. The van der Waals surface area contributed by atoms with Crippen LogP contribution in [-0.4, -0.2) is 16.1 Å². The first-order chi connectivity index (χ1) is 21.4. The van der Waals surface area contributed by atoms with Crippen LogP contribution in [0.2, 0.25) is 58.4 Å². The van der Waals surface area contributed by atoms with Crippen LogP contribution in [-0.2, 0) is 0 Å². The number of fused-ring (bicyclic) bond motifs is 4. The van der Waals surface area contributed by atoms with E-state index in [4.69, 9.17) is 46.4 Å². The molecule has 0 saturated heterocycles. The van der Waals surface area contributed by atoms with Gasteiger partial charge in [-0.05, 0) is 70.0 Å². The lowest BCUT2D eigenvalue weighted by Crippen LogP contribution is -2.27. The van der Waals surface area contributed by atoms with Crippen molar-refractivity contribution in [1.82, 2.24) is 0 Å². The highest BCUT2D eigenvalue weighted by Crippen LogP contribution is 2.37. The Balaban J connectivity index is 1.26. The third-order valence-corrected chi connectivity index (χ3v) is 14.7. The average molecular weight is 699 g/mol. The van der Waals surface area contributed by atoms with E-state index in [1.165, 1.54) is 0 Å². The van der Waals surface area contributed by atoms with Crippen LogP contribution in [0.1, 0.15) is 17.5 Å². The maximum absolute atomic E-state index is 6.62. The number of halogens is 4. The first kappa shape index (κ1) is 32.0. The standard InChI is InChI=1S/C39H32Cl4Si2/c1-44(2,22-18-30-26-10-5-14-36(40)32(26)24-33-27(30)11-6-15-37(33)41)20-9-21-45(3,4)23-19-31-28-12-7-16-38(42)34(28)25-35-29(31)13-8-17-39(35)43/h5-8,10-17,24-25H,9,20-21H2,1-4H3. The van der Waals surface area contributed by atoms with E-state index < -0.39 is 16.1 Å². The van der Waals surface area contributed by atoms with E-state index in [2.05, 4.69) is 85.5 Å². The zero-order chi connectivity index (χ0) is 31.9. The van der Waals surface area contributed by atoms with E-state index in [0.717, 1.165) is 72.7 Å². The zero-order valence-electron chi connectivity index (χ0n) is 25.7. The largest absolute Gasteiger partial charge is 0.132 e. The summed E-state index contributed by atoms with van der Waals surface area (Å²) in [5.74, 6) is 7.24. The van der Waals surface area contributed by atoms with Gasteiger partial charge in [0.1, 0.15) is 16.1 Å². The first-order valence-electron chi connectivity index (χ1n) is 15.1. The SMILES string of the molecule is C[Si](C)(C#Cc1c2cccc(Cl)c2cc2c(Cl)cccc12)CCC[Si](C)(C)C#Cc1c2cccc(Cl)c2cc2c(Cl)cccc12. The van der Waals surface area contributed by atoms with E-state index in [1.54, 1.807) is 0 Å². The molecule has 45 heavy (non-hydrogen) atoms. The first-order valence-corrected chi connectivity index (χ1v) is 23.0. The smallest absolute Gasteiger partial charge is 0.126 e. The molecule has 0 bridgehead atoms. The highest BCUT2D eigenvalue weighted by atomic mass is 35.5. The molecule has 0 N–H and O–H groups in total. The van der Waals surface area contributed by atoms with Gasteiger partial charge in [-0.3, -0.25) is 0 Å². The van der Waals surface area contributed by atoms with E-state index >= 15 is 0 Å². The van der Waals surface area contributed by atoms with Crippen LogP contribution in [0.5, 0.6) is 0 Å². The van der Waals surface area contributed by atoms with Gasteiger partial charge in [-0.15, -0.1) is 11.1 Å². The lowest BCUT2D eigenvalue weighted by Gasteiger charge is -2.19. The van der Waals surface area contributed by atoms with Crippen molar-refractivity contribution in [2.75, 3.05) is 0 Å². The van der Waals surface area contributed by atoms with Crippen molar-refractivity contribution in [1.29, 1.82) is 0 Å². The van der Waals surface area contributed by atoms with Crippen molar-refractivity contribution >= 4 is 106 Å². The molecule has 6 aromatic rings. The molecule has 0 fully saturated rings. The van der Waals surface area contributed by atoms with Crippen LogP contribution >= 0.6 is 46.4 Å². The molecular weight excluding hydrogens is 666 g/mol. The van der Waals surface area contributed by atoms with Gasteiger partial charge >= 0.3 is 0 Å². The number of rotatable bonds is 4. The normalized spacial score (nSPS) is 11.9. The molecule has 6 aromatic carbocycles. The van der Waals surface area contributed by atoms with Gasteiger partial charge in [0.25, 0.3) is 0 Å². The summed E-state index contributed by atoms with van der Waals surface area (Å²) >= 11 is 26.5. The van der Waals surface area contributed by atoms with Crippen LogP contribution < -0.4 is 0 Å². The molecule has 0 spiro atoms. The highest BCUT2D eigenvalue weighted by molar-refractivity contribution is 6.86. The van der Waals surface area contributed by atoms with E-state index in [9.17, 15) is 0 Å². The van der Waals surface area contributed by atoms with E-state index in [-0.39, 0.29) is 0 Å². The quantitative estimate of drug-likeness (QED) is 0.0977. The van der Waals surface area contributed by atoms with Gasteiger partial charge in [-0.1, -0.05) is 139 Å². The molecule has 0 saturated carbocycles. The predicted octanol–water partition coefficient (Wildman–Crippen LogP) is 13.2. The second kappa shape index (κ2) is 12.7. The Hall–Kier alpha value is -2.93. The Bertz CT molecular complexity index is 1980. The summed E-state index contributed by atoms with van der Waals surface area (Å²) in [6.07, 6.45) is 1.11. The maximum Gasteiger partial charge on any atom is 0.132 e. The van der Waals surface area contributed by atoms with E-state index in [1.807, 2.05) is 48.5 Å². The fourth-order valence-corrected chi connectivity index (χ4v) is 10.6. The molecule has 0 atom stereocenters. The zero-order valence-corrected chi connectivity index (χ0v) is 30.7. The summed E-state index contributed by atoms with van der Waals surface area (Å²) in [5.41, 5.74) is 9.52. The second-order valence-corrected chi connectivity index (χ2v) is 23.6. The minimum Gasteiger partial charge on any atom is -0.126 e. The van der Waals surface area contributed by atoms with Crippen molar-refractivity contribution in [3.63, 3.8) is 0 Å². The van der Waals surface area contributed by atoms with E-state index in [0.29, 0.717) is 20.1 Å². The van der Waals surface area contributed by atoms with Crippen molar-refractivity contribution < 1.29 is 0 Å². The van der Waals surface area contributed by atoms with Gasteiger partial charge < -0.3 is 0 Å². The second-order valence-electron chi connectivity index (χ2n) is 13.0. The lowest BCUT2D eigenvalue weighted by atomic mass is 9.97. The monoisotopic (exact) mass is 696 g/mol. The molecular formula is C39H32Cl4Si2. The molecule has 0 aliphatic rings. The molecule has 0 aliphatic heterocycles. The molecule has 224 valence electrons. The lowest BCUT2D eigenvalue weighted by molar-refractivity contribution is 1.03. The summed E-state index contributed by atoms with van der Waals surface area (Å²) in [6.45, 7) is 9.46. The summed E-state index contributed by atoms with van der Waals surface area (Å²) in [6, 6.07) is 30.5. The Labute approximate surface area is 287 Å². The third kappa shape index (κ3) is 6.65. The minimum absolute atomic E-state index is 0.713. The van der Waals surface area contributed by atoms with Crippen LogP contribution in [0.3, 0.4) is 0 Å². The Morgan fingerprint density at radius 3 is 1.02 bits per heavy atom. The minimum atomic E-state index is -1.84. The molecule has 0 aliphatic carbocycles. The molecule has 0 heterocycles. The number of hydrogen-bond donors (Lipinski definition) is 0. The molecule has 0 amide bonds. The van der Waals surface area contributed by atoms with Gasteiger partial charge in [0.2, 0.25) is 0 Å². The summed E-state index contributed by atoms with van der Waals surface area (Å²) in [4.78, 5) is 0. The van der Waals surface area contributed by atoms with Gasteiger partial charge in [-0.25, -0.2) is 0 Å². The van der Waals surface area contributed by atoms with Crippen LogP contribution in [0, 0.1) is 22.9 Å². The van der Waals surface area contributed by atoms with Crippen LogP contribution in [0.4, 0.5) is 0 Å². The fourth-order valence-electron chi connectivity index (χ4n) is 6.02. The third-order valence-electron chi connectivity index (χ3n) is 8.52. The molecule has 6 rings (SSSR count). The van der Waals surface area contributed by atoms with Crippen molar-refractivity contribution in [2.24, 2.45) is 0 Å². The predicted molar refractivity (Wildman–Crippen MR) is 206 cm³/mol. The fraction of sp³-hybridized carbons (Fsp3) is 0.179. The van der Waals surface area contributed by atoms with Crippen molar-refractivity contribution in [3.05, 3.63) is 116 Å². The topological polar surface area (TPSA) is 0 Å². The van der Waals surface area contributed by atoms with Crippen molar-refractivity contribution in [2.45, 2.75) is 44.7 Å². The maximum atomic E-state index is 6.62. The van der Waals surface area contributed by atoms with Gasteiger partial charge in [0, 0.05) is 52.8 Å². The number of hydrogen-bond acceptors (Lipinski definition) is 0. The van der Waals surface area contributed by atoms with Crippen LogP contribution in [0.15, 0.2) is 84.9 Å². The van der Waals surface area contributed by atoms with Gasteiger partial charge in [0.05, 0.1) is 0 Å². The molecule has 6 heteroatoms. The highest BCUT2D eigenvalue weighted by Gasteiger charge is 2.23. The summed E-state index contributed by atoms with van der Waals surface area (Å²) in [7, 11) is -3.68. The Kier molecular flexibility index (Phi) is 9.04. The van der Waals surface area contributed by atoms with Gasteiger partial charge in [0.15, 0.2) is 0 Å². The summed E-state index contributed by atoms with van der Waals surface area (Å²) in [5, 5.41) is 11.1. The summed E-state index contributed by atoms with van der Waals surface area (Å²) < 4.78 is 0. The molecule has 0 aromatic heterocycles. The Morgan fingerprint density at radius 1 is 0.444 bits per heavy atom. The van der Waals surface area contributed by atoms with Crippen LogP contribution in [0.25, 0.3) is 43.1 Å². The van der Waals surface area contributed by atoms with Crippen molar-refractivity contribution in [3.8, 4) is 22.9 Å². The molecule has 0 radical (unpaired) electrons. The number of benzene rings is 6. The Morgan fingerprint density at radius 2 is 0.733 bits per heavy atom.